The van der Waals surface area contributed by atoms with Crippen LogP contribution in [0, 0.1) is 0 Å². The fourth-order valence-electron chi connectivity index (χ4n) is 2.63. The molecule has 1 saturated heterocycles. The lowest BCUT2D eigenvalue weighted by Crippen LogP contribution is -2.38. The van der Waals surface area contributed by atoms with Gasteiger partial charge in [-0.25, -0.2) is 0 Å². The lowest BCUT2D eigenvalue weighted by molar-refractivity contribution is -0.171. The van der Waals surface area contributed by atoms with Gasteiger partial charge in [-0.05, 0) is 19.8 Å². The summed E-state index contributed by atoms with van der Waals surface area (Å²) in [6, 6.07) is 0. The van der Waals surface area contributed by atoms with Gasteiger partial charge in [0.1, 0.15) is 12.2 Å². The average molecular weight is 314 g/mol. The standard InChI is InChI=1S/C18H34O4/c1-5-8-10-13-19-16-15(4)22-18(21-12-7-3)17(16)20-14-11-9-6-2/h7,15-18H,3,5-6,8-14H2,1-2,4H3/t15-,16-,17-,18?/m1/s1. The first-order valence-electron chi connectivity index (χ1n) is 8.85. The van der Waals surface area contributed by atoms with Crippen molar-refractivity contribution in [2.75, 3.05) is 19.8 Å². The van der Waals surface area contributed by atoms with E-state index in [0.29, 0.717) is 6.61 Å². The van der Waals surface area contributed by atoms with Crippen LogP contribution in [0.3, 0.4) is 0 Å². The summed E-state index contributed by atoms with van der Waals surface area (Å²) < 4.78 is 23.7. The van der Waals surface area contributed by atoms with Crippen LogP contribution in [0.4, 0.5) is 0 Å². The van der Waals surface area contributed by atoms with E-state index in [0.717, 1.165) is 26.1 Å². The molecule has 0 radical (unpaired) electrons. The first kappa shape index (κ1) is 19.6. The molecule has 0 aromatic heterocycles. The van der Waals surface area contributed by atoms with Crippen molar-refractivity contribution in [1.29, 1.82) is 0 Å². The maximum atomic E-state index is 6.05. The highest BCUT2D eigenvalue weighted by Gasteiger charge is 2.44. The van der Waals surface area contributed by atoms with E-state index in [1.807, 2.05) is 6.92 Å². The summed E-state index contributed by atoms with van der Waals surface area (Å²) in [4.78, 5) is 0. The summed E-state index contributed by atoms with van der Waals surface area (Å²) in [5.41, 5.74) is 0. The van der Waals surface area contributed by atoms with Crippen LogP contribution in [-0.4, -0.2) is 44.4 Å². The van der Waals surface area contributed by atoms with E-state index in [4.69, 9.17) is 18.9 Å². The van der Waals surface area contributed by atoms with Gasteiger partial charge >= 0.3 is 0 Å². The van der Waals surface area contributed by atoms with Gasteiger partial charge in [0.25, 0.3) is 0 Å². The summed E-state index contributed by atoms with van der Waals surface area (Å²) in [5.74, 6) is 0. The van der Waals surface area contributed by atoms with Gasteiger partial charge in [-0.3, -0.25) is 0 Å². The highest BCUT2D eigenvalue weighted by atomic mass is 16.7. The van der Waals surface area contributed by atoms with Gasteiger partial charge in [0.15, 0.2) is 6.29 Å². The molecular weight excluding hydrogens is 280 g/mol. The average Bonchev–Trinajstić information content (AvgIpc) is 2.81. The van der Waals surface area contributed by atoms with Crippen molar-refractivity contribution in [3.05, 3.63) is 12.7 Å². The van der Waals surface area contributed by atoms with Crippen LogP contribution in [0.1, 0.15) is 59.3 Å². The second-order valence-electron chi connectivity index (χ2n) is 5.92. The minimum atomic E-state index is -0.356. The molecular formula is C18H34O4. The van der Waals surface area contributed by atoms with Crippen LogP contribution in [0.5, 0.6) is 0 Å². The molecule has 130 valence electrons. The number of rotatable bonds is 13. The van der Waals surface area contributed by atoms with Crippen LogP contribution in [0.25, 0.3) is 0 Å². The van der Waals surface area contributed by atoms with Crippen molar-refractivity contribution >= 4 is 0 Å². The van der Waals surface area contributed by atoms with Gasteiger partial charge < -0.3 is 18.9 Å². The number of hydrogen-bond acceptors (Lipinski definition) is 4. The SMILES string of the molecule is C=CCOC1O[C@H](C)[C@@H](OCCCCC)[C@H]1OCCCCC. The molecule has 4 heteroatoms. The van der Waals surface area contributed by atoms with Crippen LogP contribution >= 0.6 is 0 Å². The normalized spacial score (nSPS) is 28.1. The molecule has 1 aliphatic rings. The Balaban J connectivity index is 2.49. The zero-order chi connectivity index (χ0) is 16.2. The summed E-state index contributed by atoms with van der Waals surface area (Å²) in [6.07, 6.45) is 8.09. The van der Waals surface area contributed by atoms with Gasteiger partial charge in [0, 0.05) is 13.2 Å². The predicted molar refractivity (Wildman–Crippen MR) is 89.0 cm³/mol. The molecule has 22 heavy (non-hydrogen) atoms. The van der Waals surface area contributed by atoms with Crippen molar-refractivity contribution in [1.82, 2.24) is 0 Å². The Morgan fingerprint density at radius 3 is 2.05 bits per heavy atom. The Hall–Kier alpha value is -0.420. The van der Waals surface area contributed by atoms with Crippen molar-refractivity contribution in [2.24, 2.45) is 0 Å². The summed E-state index contributed by atoms with van der Waals surface area (Å²) in [7, 11) is 0. The van der Waals surface area contributed by atoms with Crippen LogP contribution < -0.4 is 0 Å². The minimum Gasteiger partial charge on any atom is -0.373 e. The van der Waals surface area contributed by atoms with E-state index in [1.54, 1.807) is 6.08 Å². The van der Waals surface area contributed by atoms with E-state index in [2.05, 4.69) is 20.4 Å². The monoisotopic (exact) mass is 314 g/mol. The fraction of sp³-hybridized carbons (Fsp3) is 0.889. The molecule has 1 fully saturated rings. The molecule has 1 heterocycles. The van der Waals surface area contributed by atoms with Gasteiger partial charge in [0.05, 0.1) is 12.7 Å². The van der Waals surface area contributed by atoms with Gasteiger partial charge in [-0.1, -0.05) is 45.6 Å². The van der Waals surface area contributed by atoms with E-state index in [1.165, 1.54) is 25.7 Å². The third-order valence-corrected chi connectivity index (χ3v) is 3.90. The molecule has 0 N–H and O–H groups in total. The lowest BCUT2D eigenvalue weighted by Gasteiger charge is -2.24. The lowest BCUT2D eigenvalue weighted by atomic mass is 10.1. The highest BCUT2D eigenvalue weighted by molar-refractivity contribution is 4.88. The highest BCUT2D eigenvalue weighted by Crippen LogP contribution is 2.28. The van der Waals surface area contributed by atoms with E-state index >= 15 is 0 Å². The Morgan fingerprint density at radius 2 is 1.50 bits per heavy atom. The molecule has 1 unspecified atom stereocenters. The molecule has 0 spiro atoms. The van der Waals surface area contributed by atoms with E-state index in [-0.39, 0.29) is 24.6 Å². The molecule has 0 aromatic rings. The first-order valence-corrected chi connectivity index (χ1v) is 8.85. The molecule has 0 amide bonds. The third-order valence-electron chi connectivity index (χ3n) is 3.90. The quantitative estimate of drug-likeness (QED) is 0.379. The second-order valence-corrected chi connectivity index (χ2v) is 5.92. The summed E-state index contributed by atoms with van der Waals surface area (Å²) in [6.45, 7) is 12.1. The fourth-order valence-corrected chi connectivity index (χ4v) is 2.63. The Morgan fingerprint density at radius 1 is 0.909 bits per heavy atom. The molecule has 0 aromatic carbocycles. The molecule has 1 aliphatic heterocycles. The van der Waals surface area contributed by atoms with Crippen molar-refractivity contribution in [3.8, 4) is 0 Å². The molecule has 1 rings (SSSR count). The van der Waals surface area contributed by atoms with Gasteiger partial charge in [-0.2, -0.15) is 0 Å². The van der Waals surface area contributed by atoms with Crippen molar-refractivity contribution in [2.45, 2.75) is 83.9 Å². The minimum absolute atomic E-state index is 0.00684. The van der Waals surface area contributed by atoms with Crippen molar-refractivity contribution in [3.63, 3.8) is 0 Å². The summed E-state index contributed by atoms with van der Waals surface area (Å²) in [5, 5.41) is 0. The molecule has 0 bridgehead atoms. The number of ether oxygens (including phenoxy) is 4. The second kappa shape index (κ2) is 12.1. The Kier molecular flexibility index (Phi) is 10.8. The van der Waals surface area contributed by atoms with Crippen LogP contribution in [0.2, 0.25) is 0 Å². The number of unbranched alkanes of at least 4 members (excludes halogenated alkanes) is 4. The van der Waals surface area contributed by atoms with Crippen molar-refractivity contribution < 1.29 is 18.9 Å². The van der Waals surface area contributed by atoms with Crippen LogP contribution in [-0.2, 0) is 18.9 Å². The topological polar surface area (TPSA) is 36.9 Å². The maximum Gasteiger partial charge on any atom is 0.187 e. The van der Waals surface area contributed by atoms with Gasteiger partial charge in [0.2, 0.25) is 0 Å². The van der Waals surface area contributed by atoms with E-state index < -0.39 is 0 Å². The zero-order valence-corrected chi connectivity index (χ0v) is 14.6. The Bertz CT molecular complexity index is 282. The smallest absolute Gasteiger partial charge is 0.187 e. The predicted octanol–water partition coefficient (Wildman–Crippen LogP) is 4.08. The zero-order valence-electron chi connectivity index (χ0n) is 14.6. The first-order chi connectivity index (χ1) is 10.7. The largest absolute Gasteiger partial charge is 0.373 e. The third kappa shape index (κ3) is 6.78. The molecule has 0 saturated carbocycles. The Labute approximate surface area is 136 Å². The molecule has 0 aliphatic carbocycles. The maximum absolute atomic E-state index is 6.05. The van der Waals surface area contributed by atoms with Crippen LogP contribution in [0.15, 0.2) is 12.7 Å². The summed E-state index contributed by atoms with van der Waals surface area (Å²) >= 11 is 0. The van der Waals surface area contributed by atoms with E-state index in [9.17, 15) is 0 Å². The van der Waals surface area contributed by atoms with Gasteiger partial charge in [-0.15, -0.1) is 6.58 Å². The number of hydrogen-bond donors (Lipinski definition) is 0. The molecule has 4 atom stereocenters. The molecule has 4 nitrogen and oxygen atoms in total.